The highest BCUT2D eigenvalue weighted by molar-refractivity contribution is 5.43. The first-order valence-corrected chi connectivity index (χ1v) is 9.14. The number of nitrogens with zero attached hydrogens (tertiary/aromatic N) is 1. The van der Waals surface area contributed by atoms with E-state index in [0.717, 1.165) is 19.3 Å². The molecule has 0 unspecified atom stereocenters. The summed E-state index contributed by atoms with van der Waals surface area (Å²) in [6.07, 6.45) is 4.58. The lowest BCUT2D eigenvalue weighted by Gasteiger charge is -2.54. The van der Waals surface area contributed by atoms with Crippen molar-refractivity contribution in [2.45, 2.75) is 56.1 Å². The maximum Gasteiger partial charge on any atom is 0.132 e. The van der Waals surface area contributed by atoms with Crippen molar-refractivity contribution >= 4 is 0 Å². The largest absolute Gasteiger partial charge is 0.508 e. The van der Waals surface area contributed by atoms with Gasteiger partial charge >= 0.3 is 0 Å². The molecule has 0 saturated heterocycles. The second-order valence-corrected chi connectivity index (χ2v) is 7.65. The lowest BCUT2D eigenvalue weighted by Crippen LogP contribution is -2.56. The molecule has 4 heteroatoms. The van der Waals surface area contributed by atoms with E-state index >= 15 is 0 Å². The molecule has 0 spiro atoms. The molecule has 0 aliphatic heterocycles. The summed E-state index contributed by atoms with van der Waals surface area (Å²) in [5.41, 5.74) is 1.52. The van der Waals surface area contributed by atoms with E-state index in [1.54, 1.807) is 18.3 Å². The van der Waals surface area contributed by atoms with Crippen molar-refractivity contribution in [3.8, 4) is 5.75 Å². The fraction of sp³-hybridized carbons (Fsp3) is 0.476. The van der Waals surface area contributed by atoms with Gasteiger partial charge in [-0.25, -0.2) is 0 Å². The third-order valence-electron chi connectivity index (χ3n) is 6.57. The molecule has 2 aromatic rings. The average molecular weight is 339 g/mol. The first-order chi connectivity index (χ1) is 12.0. The zero-order chi connectivity index (χ0) is 17.7. The number of pyridine rings is 1. The van der Waals surface area contributed by atoms with Crippen LogP contribution in [0, 0.1) is 5.92 Å². The number of hydrogen-bond donors (Lipinski definition) is 3. The number of hydrogen-bond acceptors (Lipinski definition) is 4. The van der Waals surface area contributed by atoms with Crippen LogP contribution in [-0.4, -0.2) is 26.4 Å². The van der Waals surface area contributed by atoms with Crippen molar-refractivity contribution in [2.75, 3.05) is 0 Å². The highest BCUT2D eigenvalue weighted by atomic mass is 16.3. The molecule has 0 bridgehead atoms. The summed E-state index contributed by atoms with van der Waals surface area (Å²) in [6.45, 7) is 2.16. The van der Waals surface area contributed by atoms with Crippen LogP contribution in [0.3, 0.4) is 0 Å². The van der Waals surface area contributed by atoms with Crippen LogP contribution < -0.4 is 0 Å². The first kappa shape index (κ1) is 16.6. The van der Waals surface area contributed by atoms with Crippen LogP contribution in [0.5, 0.6) is 5.75 Å². The van der Waals surface area contributed by atoms with E-state index < -0.39 is 11.7 Å². The van der Waals surface area contributed by atoms with Crippen LogP contribution in [0.15, 0.2) is 42.6 Å². The molecule has 1 fully saturated rings. The molecule has 0 amide bonds. The van der Waals surface area contributed by atoms with Gasteiger partial charge in [0.05, 0.1) is 11.8 Å². The van der Waals surface area contributed by atoms with E-state index in [9.17, 15) is 15.3 Å². The molecule has 1 saturated carbocycles. The van der Waals surface area contributed by atoms with Gasteiger partial charge in [0.15, 0.2) is 0 Å². The fourth-order valence-corrected chi connectivity index (χ4v) is 5.22. The van der Waals surface area contributed by atoms with Crippen LogP contribution in [0.4, 0.5) is 0 Å². The number of aromatic nitrogens is 1. The summed E-state index contributed by atoms with van der Waals surface area (Å²) in [4.78, 5) is 4.32. The van der Waals surface area contributed by atoms with E-state index in [4.69, 9.17) is 0 Å². The molecule has 132 valence electrons. The van der Waals surface area contributed by atoms with Crippen LogP contribution in [0.2, 0.25) is 0 Å². The van der Waals surface area contributed by atoms with Gasteiger partial charge in [-0.1, -0.05) is 19.1 Å². The maximum absolute atomic E-state index is 11.3. The summed E-state index contributed by atoms with van der Waals surface area (Å²) in [5.74, 6) is 0.578. The highest BCUT2D eigenvalue weighted by Crippen LogP contribution is 2.56. The second-order valence-electron chi connectivity index (χ2n) is 7.65. The maximum atomic E-state index is 11.3. The van der Waals surface area contributed by atoms with Crippen LogP contribution in [-0.2, 0) is 17.4 Å². The van der Waals surface area contributed by atoms with Crippen LogP contribution >= 0.6 is 0 Å². The smallest absolute Gasteiger partial charge is 0.132 e. The van der Waals surface area contributed by atoms with Crippen molar-refractivity contribution < 1.29 is 15.3 Å². The fourth-order valence-electron chi connectivity index (χ4n) is 5.22. The molecular formula is C21H25NO3. The van der Waals surface area contributed by atoms with E-state index in [0.29, 0.717) is 24.3 Å². The van der Waals surface area contributed by atoms with Crippen LogP contribution in [0.25, 0.3) is 0 Å². The SMILES string of the molecule is CC[C@@]12C[C@@H](O)[C@](O)(c3ccccn3)C[C@H]1CCc1cc(O)ccc12. The Labute approximate surface area is 148 Å². The van der Waals surface area contributed by atoms with E-state index in [1.807, 2.05) is 24.3 Å². The Balaban J connectivity index is 1.77. The topological polar surface area (TPSA) is 73.6 Å². The average Bonchev–Trinajstić information content (AvgIpc) is 2.63. The molecule has 4 rings (SSSR count). The monoisotopic (exact) mass is 339 g/mol. The quantitative estimate of drug-likeness (QED) is 0.786. The predicted octanol–water partition coefficient (Wildman–Crippen LogP) is 3.04. The Morgan fingerprint density at radius 1 is 1.20 bits per heavy atom. The number of aliphatic hydroxyl groups excluding tert-OH is 1. The van der Waals surface area contributed by atoms with Gasteiger partial charge in [0, 0.05) is 11.6 Å². The summed E-state index contributed by atoms with van der Waals surface area (Å²) in [5, 5.41) is 32.1. The van der Waals surface area contributed by atoms with Gasteiger partial charge in [-0.15, -0.1) is 0 Å². The van der Waals surface area contributed by atoms with Crippen molar-refractivity contribution in [1.29, 1.82) is 0 Å². The molecule has 25 heavy (non-hydrogen) atoms. The molecule has 4 atom stereocenters. The summed E-state index contributed by atoms with van der Waals surface area (Å²) < 4.78 is 0. The van der Waals surface area contributed by atoms with Crippen molar-refractivity contribution in [2.24, 2.45) is 5.92 Å². The second kappa shape index (κ2) is 5.82. The number of aryl methyl sites for hydroxylation is 1. The van der Waals surface area contributed by atoms with Gasteiger partial charge in [0.1, 0.15) is 11.4 Å². The van der Waals surface area contributed by atoms with Gasteiger partial charge in [-0.05, 0) is 73.4 Å². The molecule has 0 radical (unpaired) electrons. The Morgan fingerprint density at radius 2 is 2.04 bits per heavy atom. The molecule has 2 aliphatic rings. The minimum absolute atomic E-state index is 0.151. The minimum Gasteiger partial charge on any atom is -0.508 e. The number of phenolic OH excluding ortho intramolecular Hbond substituents is 1. The Bertz CT molecular complexity index is 778. The lowest BCUT2D eigenvalue weighted by molar-refractivity contribution is -0.148. The van der Waals surface area contributed by atoms with Gasteiger partial charge in [-0.3, -0.25) is 4.98 Å². The normalized spacial score (nSPS) is 34.2. The number of aromatic hydroxyl groups is 1. The molecule has 1 heterocycles. The van der Waals surface area contributed by atoms with Gasteiger partial charge < -0.3 is 15.3 Å². The Morgan fingerprint density at radius 3 is 2.76 bits per heavy atom. The number of aliphatic hydroxyl groups is 2. The van der Waals surface area contributed by atoms with E-state index in [2.05, 4.69) is 11.9 Å². The zero-order valence-electron chi connectivity index (χ0n) is 14.5. The summed E-state index contributed by atoms with van der Waals surface area (Å²) >= 11 is 0. The summed E-state index contributed by atoms with van der Waals surface area (Å²) in [6, 6.07) is 11.1. The zero-order valence-corrected chi connectivity index (χ0v) is 14.5. The van der Waals surface area contributed by atoms with Crippen LogP contribution in [0.1, 0.15) is 49.4 Å². The van der Waals surface area contributed by atoms with Crippen molar-refractivity contribution in [1.82, 2.24) is 4.98 Å². The molecule has 1 aromatic carbocycles. The molecule has 3 N–H and O–H groups in total. The summed E-state index contributed by atoms with van der Waals surface area (Å²) in [7, 11) is 0. The Hall–Kier alpha value is -1.91. The molecule has 4 nitrogen and oxygen atoms in total. The number of benzene rings is 1. The van der Waals surface area contributed by atoms with Gasteiger partial charge in [0.25, 0.3) is 0 Å². The standard InChI is InChI=1S/C21H25NO3/c1-2-20-13-19(24)21(25,18-5-3-4-10-22-18)12-15(20)7-6-14-11-16(23)8-9-17(14)20/h3-5,8-11,15,19,23-25H,2,6-7,12-13H2,1H3/t15-,19-,20-,21-/m1/s1. The first-order valence-electron chi connectivity index (χ1n) is 9.14. The van der Waals surface area contributed by atoms with E-state index in [-0.39, 0.29) is 11.3 Å². The Kier molecular flexibility index (Phi) is 3.85. The van der Waals surface area contributed by atoms with E-state index in [1.165, 1.54) is 11.1 Å². The number of rotatable bonds is 2. The molecule has 2 aliphatic carbocycles. The molecular weight excluding hydrogens is 314 g/mol. The van der Waals surface area contributed by atoms with Gasteiger partial charge in [0.2, 0.25) is 0 Å². The van der Waals surface area contributed by atoms with Crippen molar-refractivity contribution in [3.05, 3.63) is 59.4 Å². The minimum atomic E-state index is -1.29. The molecule has 1 aromatic heterocycles. The number of phenols is 1. The lowest BCUT2D eigenvalue weighted by atomic mass is 9.52. The highest BCUT2D eigenvalue weighted by Gasteiger charge is 2.56. The van der Waals surface area contributed by atoms with Gasteiger partial charge in [-0.2, -0.15) is 0 Å². The third-order valence-corrected chi connectivity index (χ3v) is 6.57. The third kappa shape index (κ3) is 2.39. The van der Waals surface area contributed by atoms with Crippen molar-refractivity contribution in [3.63, 3.8) is 0 Å². The number of fused-ring (bicyclic) bond motifs is 3. The predicted molar refractivity (Wildman–Crippen MR) is 95.3 cm³/mol.